The molecule has 3 heterocycles. The van der Waals surface area contributed by atoms with Crippen LogP contribution < -0.4 is 0 Å². The zero-order valence-electron chi connectivity index (χ0n) is 12.5. The highest BCUT2D eigenvalue weighted by Crippen LogP contribution is 2.29. The molecule has 1 aromatic rings. The summed E-state index contributed by atoms with van der Waals surface area (Å²) in [6.45, 7) is 5.17. The first-order chi connectivity index (χ1) is 10.1. The highest BCUT2D eigenvalue weighted by Gasteiger charge is 2.45. The fourth-order valence-electron chi connectivity index (χ4n) is 3.33. The van der Waals surface area contributed by atoms with E-state index in [1.165, 1.54) is 0 Å². The largest absolute Gasteiger partial charge is 0.329 e. The van der Waals surface area contributed by atoms with Gasteiger partial charge >= 0.3 is 0 Å². The van der Waals surface area contributed by atoms with Gasteiger partial charge in [0.25, 0.3) is 0 Å². The number of nitrogens with zero attached hydrogens (tertiary/aromatic N) is 3. The second-order valence-electron chi connectivity index (χ2n) is 5.80. The van der Waals surface area contributed by atoms with Crippen molar-refractivity contribution in [2.24, 2.45) is 0 Å². The Morgan fingerprint density at radius 1 is 1.33 bits per heavy atom. The highest BCUT2D eigenvalue weighted by molar-refractivity contribution is 7.11. The minimum Gasteiger partial charge on any atom is -0.329 e. The van der Waals surface area contributed by atoms with E-state index in [4.69, 9.17) is 0 Å². The fourth-order valence-corrected chi connectivity index (χ4v) is 4.11. The number of fused-ring (bicyclic) bond motifs is 1. The van der Waals surface area contributed by atoms with E-state index in [0.29, 0.717) is 13.0 Å². The quantitative estimate of drug-likeness (QED) is 0.857. The molecule has 6 heteroatoms. The molecule has 2 amide bonds. The molecule has 1 aromatic heterocycles. The maximum atomic E-state index is 12.8. The van der Waals surface area contributed by atoms with Crippen LogP contribution in [-0.2, 0) is 16.1 Å². The molecule has 114 valence electrons. The molecule has 2 aliphatic heterocycles. The minimum atomic E-state index is -0.323. The van der Waals surface area contributed by atoms with E-state index in [2.05, 4.69) is 4.98 Å². The molecule has 2 atom stereocenters. The van der Waals surface area contributed by atoms with Gasteiger partial charge in [-0.3, -0.25) is 9.59 Å². The van der Waals surface area contributed by atoms with Crippen molar-refractivity contribution < 1.29 is 9.59 Å². The lowest BCUT2D eigenvalue weighted by Crippen LogP contribution is -2.65. The number of piperazine rings is 1. The molecule has 2 fully saturated rings. The van der Waals surface area contributed by atoms with Gasteiger partial charge in [0.15, 0.2) is 0 Å². The molecule has 0 aliphatic carbocycles. The molecule has 0 aromatic carbocycles. The SMILES string of the molecule is CCC1C(=O)N2CCCCC2C(=O)N1Cc1ncc(C)s1. The minimum absolute atomic E-state index is 0.106. The Kier molecular flexibility index (Phi) is 3.97. The second kappa shape index (κ2) is 5.75. The third-order valence-corrected chi connectivity index (χ3v) is 5.27. The predicted octanol–water partition coefficient (Wildman–Crippen LogP) is 1.95. The van der Waals surface area contributed by atoms with Crippen molar-refractivity contribution in [1.82, 2.24) is 14.8 Å². The second-order valence-corrected chi connectivity index (χ2v) is 7.12. The molecule has 21 heavy (non-hydrogen) atoms. The molecule has 0 spiro atoms. The molecule has 0 saturated carbocycles. The Bertz CT molecular complexity index is 557. The Morgan fingerprint density at radius 3 is 2.81 bits per heavy atom. The van der Waals surface area contributed by atoms with Crippen LogP contribution in [0.5, 0.6) is 0 Å². The van der Waals surface area contributed by atoms with Crippen molar-refractivity contribution in [3.05, 3.63) is 16.1 Å². The van der Waals surface area contributed by atoms with Crippen LogP contribution in [0.4, 0.5) is 0 Å². The maximum Gasteiger partial charge on any atom is 0.246 e. The summed E-state index contributed by atoms with van der Waals surface area (Å²) >= 11 is 1.60. The van der Waals surface area contributed by atoms with Gasteiger partial charge in [0.2, 0.25) is 11.8 Å². The van der Waals surface area contributed by atoms with E-state index >= 15 is 0 Å². The topological polar surface area (TPSA) is 53.5 Å². The number of carbonyl (C=O) groups is 2. The van der Waals surface area contributed by atoms with Gasteiger partial charge in [0.1, 0.15) is 17.1 Å². The first kappa shape index (κ1) is 14.5. The number of aromatic nitrogens is 1. The van der Waals surface area contributed by atoms with E-state index < -0.39 is 0 Å². The molecule has 0 radical (unpaired) electrons. The summed E-state index contributed by atoms with van der Waals surface area (Å²) in [7, 11) is 0. The van der Waals surface area contributed by atoms with Crippen molar-refractivity contribution in [3.63, 3.8) is 0 Å². The summed E-state index contributed by atoms with van der Waals surface area (Å²) in [5.74, 6) is 0.226. The molecule has 5 nitrogen and oxygen atoms in total. The summed E-state index contributed by atoms with van der Waals surface area (Å²) in [6.07, 6.45) is 5.33. The number of aryl methyl sites for hydroxylation is 1. The molecule has 0 N–H and O–H groups in total. The third-order valence-electron chi connectivity index (χ3n) is 4.38. The van der Waals surface area contributed by atoms with E-state index in [-0.39, 0.29) is 23.9 Å². The van der Waals surface area contributed by atoms with Crippen LogP contribution in [0.3, 0.4) is 0 Å². The number of hydrogen-bond acceptors (Lipinski definition) is 4. The van der Waals surface area contributed by atoms with Crippen LogP contribution in [0.1, 0.15) is 42.5 Å². The van der Waals surface area contributed by atoms with Gasteiger partial charge < -0.3 is 9.80 Å². The predicted molar refractivity (Wildman–Crippen MR) is 80.8 cm³/mol. The molecule has 3 rings (SSSR count). The Morgan fingerprint density at radius 2 is 2.14 bits per heavy atom. The normalized spacial score (nSPS) is 26.2. The van der Waals surface area contributed by atoms with Crippen LogP contribution in [0.15, 0.2) is 6.20 Å². The average Bonchev–Trinajstić information content (AvgIpc) is 2.90. The summed E-state index contributed by atoms with van der Waals surface area (Å²) in [6, 6.07) is -0.564. The fraction of sp³-hybridized carbons (Fsp3) is 0.667. The van der Waals surface area contributed by atoms with Gasteiger partial charge in [-0.1, -0.05) is 6.92 Å². The number of carbonyl (C=O) groups excluding carboxylic acids is 2. The average molecular weight is 307 g/mol. The van der Waals surface area contributed by atoms with Gasteiger partial charge in [-0.05, 0) is 32.6 Å². The zero-order valence-corrected chi connectivity index (χ0v) is 13.4. The molecular weight excluding hydrogens is 286 g/mol. The number of rotatable bonds is 3. The lowest BCUT2D eigenvalue weighted by Gasteiger charge is -2.46. The van der Waals surface area contributed by atoms with E-state index in [9.17, 15) is 9.59 Å². The molecule has 2 saturated heterocycles. The van der Waals surface area contributed by atoms with Crippen LogP contribution >= 0.6 is 11.3 Å². The lowest BCUT2D eigenvalue weighted by atomic mass is 9.94. The standard InChI is InChI=1S/C15H21N3O2S/c1-3-11-14(19)17-7-5-4-6-12(17)15(20)18(11)9-13-16-8-10(2)21-13/h8,11-12H,3-7,9H2,1-2H3. The van der Waals surface area contributed by atoms with Gasteiger partial charge in [-0.2, -0.15) is 0 Å². The molecule has 2 aliphatic rings. The van der Waals surface area contributed by atoms with Gasteiger partial charge in [-0.25, -0.2) is 4.98 Å². The Balaban J connectivity index is 1.86. The van der Waals surface area contributed by atoms with E-state index in [0.717, 1.165) is 35.7 Å². The lowest BCUT2D eigenvalue weighted by molar-refractivity contribution is -0.164. The first-order valence-electron chi connectivity index (χ1n) is 7.64. The van der Waals surface area contributed by atoms with Gasteiger partial charge in [0.05, 0.1) is 6.54 Å². The summed E-state index contributed by atoms with van der Waals surface area (Å²) in [5, 5.41) is 0.913. The van der Waals surface area contributed by atoms with E-state index in [1.54, 1.807) is 16.2 Å². The molecule has 2 unspecified atom stereocenters. The summed E-state index contributed by atoms with van der Waals surface area (Å²) in [4.78, 5) is 34.5. The van der Waals surface area contributed by atoms with E-state index in [1.807, 2.05) is 24.9 Å². The molecule has 0 bridgehead atoms. The number of thiazole rings is 1. The number of hydrogen-bond donors (Lipinski definition) is 0. The number of piperidine rings is 1. The van der Waals surface area contributed by atoms with Crippen molar-refractivity contribution in [3.8, 4) is 0 Å². The van der Waals surface area contributed by atoms with Gasteiger partial charge in [-0.15, -0.1) is 11.3 Å². The zero-order chi connectivity index (χ0) is 15.0. The van der Waals surface area contributed by atoms with Crippen LogP contribution in [0.25, 0.3) is 0 Å². The first-order valence-corrected chi connectivity index (χ1v) is 8.45. The Hall–Kier alpha value is -1.43. The van der Waals surface area contributed by atoms with Gasteiger partial charge in [0, 0.05) is 17.6 Å². The summed E-state index contributed by atoms with van der Waals surface area (Å²) < 4.78 is 0. The van der Waals surface area contributed by atoms with Crippen LogP contribution in [0, 0.1) is 6.92 Å². The number of amides is 2. The molecular formula is C15H21N3O2S. The van der Waals surface area contributed by atoms with Crippen molar-refractivity contribution >= 4 is 23.2 Å². The Labute approximate surface area is 129 Å². The smallest absolute Gasteiger partial charge is 0.246 e. The summed E-state index contributed by atoms with van der Waals surface area (Å²) in [5.41, 5.74) is 0. The highest BCUT2D eigenvalue weighted by atomic mass is 32.1. The maximum absolute atomic E-state index is 12.8. The monoisotopic (exact) mass is 307 g/mol. The van der Waals surface area contributed by atoms with Crippen molar-refractivity contribution in [2.45, 2.75) is 58.2 Å². The van der Waals surface area contributed by atoms with Crippen molar-refractivity contribution in [2.75, 3.05) is 6.54 Å². The third kappa shape index (κ3) is 2.57. The van der Waals surface area contributed by atoms with Crippen molar-refractivity contribution in [1.29, 1.82) is 0 Å². The van der Waals surface area contributed by atoms with Crippen LogP contribution in [0.2, 0.25) is 0 Å². The van der Waals surface area contributed by atoms with Crippen LogP contribution in [-0.4, -0.2) is 45.2 Å².